The van der Waals surface area contributed by atoms with Crippen LogP contribution in [0.2, 0.25) is 0 Å². The molecule has 0 radical (unpaired) electrons. The fourth-order valence-corrected chi connectivity index (χ4v) is 4.89. The molecule has 0 bridgehead atoms. The van der Waals surface area contributed by atoms with Gasteiger partial charge in [0.15, 0.2) is 0 Å². The van der Waals surface area contributed by atoms with Gasteiger partial charge in [-0.05, 0) is 74.2 Å². The quantitative estimate of drug-likeness (QED) is 0.188. The van der Waals surface area contributed by atoms with Crippen LogP contribution >= 0.6 is 0 Å². The van der Waals surface area contributed by atoms with Crippen LogP contribution in [0.3, 0.4) is 0 Å². The number of hydrogen-bond acceptors (Lipinski definition) is 4. The maximum Gasteiger partial charge on any atom is 0.416 e. The molecule has 0 spiro atoms. The smallest absolute Gasteiger partial charge is 0.416 e. The van der Waals surface area contributed by atoms with Gasteiger partial charge in [-0.3, -0.25) is 14.2 Å². The molecule has 4 aromatic rings. The lowest BCUT2D eigenvalue weighted by atomic mass is 10.0. The molecular weight excluding hydrogens is 588 g/mol. The summed E-state index contributed by atoms with van der Waals surface area (Å²) in [5.74, 6) is -0.679. The lowest BCUT2D eigenvalue weighted by Gasteiger charge is -2.32. The van der Waals surface area contributed by atoms with E-state index in [1.54, 1.807) is 49.4 Å². The van der Waals surface area contributed by atoms with Crippen LogP contribution in [0.5, 0.6) is 5.75 Å². The van der Waals surface area contributed by atoms with Crippen molar-refractivity contribution in [1.82, 2.24) is 14.5 Å². The molecule has 0 aliphatic carbocycles. The van der Waals surface area contributed by atoms with Crippen molar-refractivity contribution in [3.63, 3.8) is 0 Å². The van der Waals surface area contributed by atoms with Crippen LogP contribution < -0.4 is 10.3 Å². The van der Waals surface area contributed by atoms with Gasteiger partial charge in [-0.25, -0.2) is 4.98 Å². The third-order valence-electron chi connectivity index (χ3n) is 7.26. The number of benzene rings is 3. The lowest BCUT2D eigenvalue weighted by molar-refractivity contribution is -0.143. The Bertz CT molecular complexity index is 1710. The Hall–Kier alpha value is -4.35. The third-order valence-corrected chi connectivity index (χ3v) is 7.26. The van der Waals surface area contributed by atoms with Gasteiger partial charge in [0.25, 0.3) is 11.5 Å². The molecule has 0 saturated heterocycles. The maximum absolute atomic E-state index is 14.0. The van der Waals surface area contributed by atoms with Gasteiger partial charge in [0.2, 0.25) is 0 Å². The highest BCUT2D eigenvalue weighted by Crippen LogP contribution is 2.37. The molecule has 4 rings (SSSR count). The minimum Gasteiger partial charge on any atom is -0.495 e. The Morgan fingerprint density at radius 1 is 0.932 bits per heavy atom. The monoisotopic (exact) mass is 619 g/mol. The SMILES string of the molecule is COc1ccc(C)cc1-n1c(C(C)N(CCC(C)C)C(=O)c2cc(C(F)(F)F)cc(C(F)(F)F)c2)nc2ccccc2c1=O. The molecule has 0 fully saturated rings. The summed E-state index contributed by atoms with van der Waals surface area (Å²) in [5.41, 5.74) is -3.09. The van der Waals surface area contributed by atoms with Crippen LogP contribution in [-0.2, 0) is 12.4 Å². The lowest BCUT2D eigenvalue weighted by Crippen LogP contribution is -2.38. The first-order valence-electron chi connectivity index (χ1n) is 13.8. The highest BCUT2D eigenvalue weighted by molar-refractivity contribution is 5.95. The molecule has 0 aliphatic heterocycles. The zero-order valence-electron chi connectivity index (χ0n) is 24.7. The first-order valence-corrected chi connectivity index (χ1v) is 13.8. The number of amides is 1. The molecule has 0 saturated carbocycles. The molecule has 1 unspecified atom stereocenters. The van der Waals surface area contributed by atoms with Crippen LogP contribution in [0.1, 0.15) is 66.1 Å². The van der Waals surface area contributed by atoms with Crippen molar-refractivity contribution < 1.29 is 35.9 Å². The standard InChI is InChI=1S/C32H31F6N3O3/c1-18(2)12-13-40(29(42)21-15-22(31(33,34)35)17-23(16-21)32(36,37)38)20(4)28-39-25-9-7-6-8-24(25)30(43)41(28)26-14-19(3)10-11-27(26)44-5/h6-11,14-18,20H,12-13H2,1-5H3. The summed E-state index contributed by atoms with van der Waals surface area (Å²) in [5, 5.41) is 0.264. The largest absolute Gasteiger partial charge is 0.495 e. The summed E-state index contributed by atoms with van der Waals surface area (Å²) < 4.78 is 88.8. The molecule has 12 heteroatoms. The zero-order chi connectivity index (χ0) is 32.6. The highest BCUT2D eigenvalue weighted by atomic mass is 19.4. The second kappa shape index (κ2) is 12.3. The predicted octanol–water partition coefficient (Wildman–Crippen LogP) is 7.99. The fraction of sp³-hybridized carbons (Fsp3) is 0.344. The number of aryl methyl sites for hydroxylation is 1. The molecule has 1 aromatic heterocycles. The van der Waals surface area contributed by atoms with Gasteiger partial charge in [-0.1, -0.05) is 32.0 Å². The second-order valence-corrected chi connectivity index (χ2v) is 11.0. The van der Waals surface area contributed by atoms with Gasteiger partial charge < -0.3 is 9.64 Å². The Morgan fingerprint density at radius 3 is 2.11 bits per heavy atom. The summed E-state index contributed by atoms with van der Waals surface area (Å²) >= 11 is 0. The number of methoxy groups -OCH3 is 1. The zero-order valence-corrected chi connectivity index (χ0v) is 24.7. The van der Waals surface area contributed by atoms with E-state index in [0.717, 1.165) is 10.5 Å². The highest BCUT2D eigenvalue weighted by Gasteiger charge is 2.38. The molecule has 6 nitrogen and oxygen atoms in total. The van der Waals surface area contributed by atoms with E-state index in [-0.39, 0.29) is 29.7 Å². The van der Waals surface area contributed by atoms with E-state index in [9.17, 15) is 35.9 Å². The number of alkyl halides is 6. The van der Waals surface area contributed by atoms with E-state index >= 15 is 0 Å². The number of carbonyl (C=O) groups excluding carboxylic acids is 1. The van der Waals surface area contributed by atoms with Gasteiger partial charge in [-0.15, -0.1) is 0 Å². The van der Waals surface area contributed by atoms with Crippen LogP contribution in [0.4, 0.5) is 26.3 Å². The number of carbonyl (C=O) groups is 1. The summed E-state index contributed by atoms with van der Waals surface area (Å²) in [6.07, 6.45) is -9.90. The number of ether oxygens (including phenoxy) is 1. The Balaban J connectivity index is 1.98. The van der Waals surface area contributed by atoms with Crippen molar-refractivity contribution >= 4 is 16.8 Å². The predicted molar refractivity (Wildman–Crippen MR) is 154 cm³/mol. The molecule has 0 aliphatic rings. The number of hydrogen-bond donors (Lipinski definition) is 0. The van der Waals surface area contributed by atoms with E-state index in [1.807, 2.05) is 13.8 Å². The average molecular weight is 620 g/mol. The first kappa shape index (κ1) is 32.6. The molecule has 3 aromatic carbocycles. The van der Waals surface area contributed by atoms with E-state index < -0.39 is 46.6 Å². The molecule has 44 heavy (non-hydrogen) atoms. The first-order chi connectivity index (χ1) is 20.5. The van der Waals surface area contributed by atoms with Crippen LogP contribution in [0.15, 0.2) is 65.5 Å². The fourth-order valence-electron chi connectivity index (χ4n) is 4.89. The second-order valence-electron chi connectivity index (χ2n) is 11.0. The summed E-state index contributed by atoms with van der Waals surface area (Å²) in [4.78, 5) is 33.8. The van der Waals surface area contributed by atoms with Crippen LogP contribution in [-0.4, -0.2) is 34.0 Å². The van der Waals surface area contributed by atoms with Gasteiger partial charge in [0, 0.05) is 12.1 Å². The molecule has 0 N–H and O–H groups in total. The van der Waals surface area contributed by atoms with Gasteiger partial charge in [0.05, 0.1) is 40.9 Å². The van der Waals surface area contributed by atoms with Gasteiger partial charge >= 0.3 is 12.4 Å². The number of halogens is 6. The van der Waals surface area contributed by atoms with Gasteiger partial charge in [0.1, 0.15) is 11.6 Å². The van der Waals surface area contributed by atoms with Crippen molar-refractivity contribution in [3.05, 3.63) is 99.1 Å². The molecule has 1 atom stereocenters. The van der Waals surface area contributed by atoms with Crippen molar-refractivity contribution in [1.29, 1.82) is 0 Å². The maximum atomic E-state index is 14.0. The molecule has 234 valence electrons. The molecule has 1 heterocycles. The summed E-state index contributed by atoms with van der Waals surface area (Å²) in [6.45, 7) is 7.02. The Kier molecular flexibility index (Phi) is 9.13. The number of fused-ring (bicyclic) bond motifs is 1. The normalized spacial score (nSPS) is 12.9. The van der Waals surface area contributed by atoms with E-state index in [4.69, 9.17) is 9.72 Å². The van der Waals surface area contributed by atoms with E-state index in [0.29, 0.717) is 35.5 Å². The van der Waals surface area contributed by atoms with E-state index in [1.165, 1.54) is 18.6 Å². The van der Waals surface area contributed by atoms with Crippen LogP contribution in [0, 0.1) is 12.8 Å². The van der Waals surface area contributed by atoms with Crippen molar-refractivity contribution in [2.24, 2.45) is 5.92 Å². The summed E-state index contributed by atoms with van der Waals surface area (Å²) in [7, 11) is 1.42. The Morgan fingerprint density at radius 2 is 1.55 bits per heavy atom. The van der Waals surface area contributed by atoms with E-state index in [2.05, 4.69) is 0 Å². The number of nitrogens with zero attached hydrogens (tertiary/aromatic N) is 3. The summed E-state index contributed by atoms with van der Waals surface area (Å²) in [6, 6.07) is 11.4. The topological polar surface area (TPSA) is 64.4 Å². The number of rotatable bonds is 8. The minimum absolute atomic E-state index is 0.0216. The van der Waals surface area contributed by atoms with Gasteiger partial charge in [-0.2, -0.15) is 26.3 Å². The minimum atomic E-state index is -5.13. The molecular formula is C32H31F6N3O3. The van der Waals surface area contributed by atoms with Crippen molar-refractivity contribution in [2.45, 2.75) is 52.5 Å². The van der Waals surface area contributed by atoms with Crippen molar-refractivity contribution in [2.75, 3.05) is 13.7 Å². The van der Waals surface area contributed by atoms with Crippen LogP contribution in [0.25, 0.3) is 16.6 Å². The Labute approximate surface area is 249 Å². The number of aromatic nitrogens is 2. The number of para-hydroxylation sites is 1. The van der Waals surface area contributed by atoms with Crippen molar-refractivity contribution in [3.8, 4) is 11.4 Å². The average Bonchev–Trinajstić information content (AvgIpc) is 2.95. The third kappa shape index (κ3) is 6.74. The molecule has 1 amide bonds.